The minimum Gasteiger partial charge on any atom is -0.493 e. The second kappa shape index (κ2) is 6.55. The normalized spacial score (nSPS) is 13.8. The minimum absolute atomic E-state index is 0.207. The minimum atomic E-state index is -1.06. The summed E-state index contributed by atoms with van der Waals surface area (Å²) < 4.78 is 5.43. The van der Waals surface area contributed by atoms with Gasteiger partial charge in [-0.05, 0) is 35.4 Å². The van der Waals surface area contributed by atoms with Crippen LogP contribution in [-0.2, 0) is 17.6 Å². The first-order valence-corrected chi connectivity index (χ1v) is 8.46. The third-order valence-electron chi connectivity index (χ3n) is 4.65. The molecule has 1 aliphatic rings. The van der Waals surface area contributed by atoms with Gasteiger partial charge in [-0.1, -0.05) is 18.2 Å². The number of aromatic amines is 1. The van der Waals surface area contributed by atoms with Crippen LogP contribution < -0.4 is 10.1 Å². The summed E-state index contributed by atoms with van der Waals surface area (Å²) in [5, 5.41) is 13.1. The Hall–Kier alpha value is -3.28. The van der Waals surface area contributed by atoms with Crippen molar-refractivity contribution >= 4 is 22.8 Å². The lowest BCUT2D eigenvalue weighted by Gasteiger charge is -2.14. The molecule has 3 N–H and O–H groups in total. The van der Waals surface area contributed by atoms with Crippen LogP contribution >= 0.6 is 0 Å². The molecule has 0 spiro atoms. The van der Waals surface area contributed by atoms with E-state index in [0.29, 0.717) is 12.2 Å². The Morgan fingerprint density at radius 2 is 2.08 bits per heavy atom. The van der Waals surface area contributed by atoms with E-state index >= 15 is 0 Å². The molecule has 0 saturated heterocycles. The largest absolute Gasteiger partial charge is 0.493 e. The predicted octanol–water partition coefficient (Wildman–Crippen LogP) is 2.53. The summed E-state index contributed by atoms with van der Waals surface area (Å²) in [6.07, 6.45) is 2.76. The van der Waals surface area contributed by atoms with E-state index < -0.39 is 17.9 Å². The Kier molecular flexibility index (Phi) is 4.08. The highest BCUT2D eigenvalue weighted by atomic mass is 16.5. The lowest BCUT2D eigenvalue weighted by atomic mass is 10.0. The molecule has 6 heteroatoms. The van der Waals surface area contributed by atoms with Crippen LogP contribution in [-0.4, -0.2) is 34.6 Å². The molecule has 0 radical (unpaired) electrons. The number of aliphatic carboxylic acids is 1. The standard InChI is InChI=1S/C20H18N2O4/c23-19(13-5-6-18-12(9-13)7-8-26-18)22-17(20(24)25)10-14-11-21-16-4-2-1-3-15(14)16/h1-6,9,11,17,21H,7-8,10H2,(H,22,23)(H,24,25). The number of carbonyl (C=O) groups is 2. The molecule has 1 aromatic heterocycles. The summed E-state index contributed by atoms with van der Waals surface area (Å²) >= 11 is 0. The molecule has 6 nitrogen and oxygen atoms in total. The molecule has 1 atom stereocenters. The molecule has 0 bridgehead atoms. The lowest BCUT2D eigenvalue weighted by molar-refractivity contribution is -0.139. The summed E-state index contributed by atoms with van der Waals surface area (Å²) in [6.45, 7) is 0.610. The smallest absolute Gasteiger partial charge is 0.326 e. The van der Waals surface area contributed by atoms with Crippen molar-refractivity contribution in [2.45, 2.75) is 18.9 Å². The average molecular weight is 350 g/mol. The fraction of sp³-hybridized carbons (Fsp3) is 0.200. The van der Waals surface area contributed by atoms with E-state index in [1.54, 1.807) is 24.4 Å². The van der Waals surface area contributed by atoms with Gasteiger partial charge >= 0.3 is 5.97 Å². The Labute approximate surface area is 149 Å². The van der Waals surface area contributed by atoms with Gasteiger partial charge in [0.15, 0.2) is 0 Å². The Bertz CT molecular complexity index is 992. The van der Waals surface area contributed by atoms with Crippen LogP contribution in [0, 0.1) is 0 Å². The summed E-state index contributed by atoms with van der Waals surface area (Å²) in [6, 6.07) is 11.9. The summed E-state index contributed by atoms with van der Waals surface area (Å²) in [7, 11) is 0. The molecule has 2 aromatic carbocycles. The van der Waals surface area contributed by atoms with E-state index in [1.807, 2.05) is 24.3 Å². The zero-order valence-corrected chi connectivity index (χ0v) is 14.0. The first kappa shape index (κ1) is 16.2. The maximum absolute atomic E-state index is 12.5. The molecule has 1 amide bonds. The van der Waals surface area contributed by atoms with E-state index in [1.165, 1.54) is 0 Å². The van der Waals surface area contributed by atoms with Gasteiger partial charge in [0.05, 0.1) is 6.61 Å². The number of amides is 1. The van der Waals surface area contributed by atoms with E-state index in [-0.39, 0.29) is 6.42 Å². The predicted molar refractivity (Wildman–Crippen MR) is 96.5 cm³/mol. The SMILES string of the molecule is O=C(NC(Cc1c[nH]c2ccccc12)C(=O)O)c1ccc2c(c1)CCO2. The van der Waals surface area contributed by atoms with Crippen LogP contribution in [0.1, 0.15) is 21.5 Å². The number of nitrogens with one attached hydrogen (secondary N) is 2. The van der Waals surface area contributed by atoms with Crippen molar-refractivity contribution in [3.8, 4) is 5.75 Å². The van der Waals surface area contributed by atoms with Gasteiger partial charge in [0.1, 0.15) is 11.8 Å². The molecule has 0 fully saturated rings. The molecule has 132 valence electrons. The second-order valence-electron chi connectivity index (χ2n) is 6.35. The molecule has 1 unspecified atom stereocenters. The average Bonchev–Trinajstić information content (AvgIpc) is 3.27. The summed E-state index contributed by atoms with van der Waals surface area (Å²) in [4.78, 5) is 27.3. The number of carboxylic acid groups (broad SMARTS) is 1. The Balaban J connectivity index is 1.53. The van der Waals surface area contributed by atoms with E-state index in [9.17, 15) is 14.7 Å². The molecular weight excluding hydrogens is 332 g/mol. The topological polar surface area (TPSA) is 91.4 Å². The van der Waals surface area contributed by atoms with Crippen molar-refractivity contribution in [3.63, 3.8) is 0 Å². The van der Waals surface area contributed by atoms with Gasteiger partial charge < -0.3 is 20.1 Å². The first-order valence-electron chi connectivity index (χ1n) is 8.46. The van der Waals surface area contributed by atoms with Crippen LogP contribution in [0.5, 0.6) is 5.75 Å². The second-order valence-corrected chi connectivity index (χ2v) is 6.35. The lowest BCUT2D eigenvalue weighted by Crippen LogP contribution is -2.42. The van der Waals surface area contributed by atoms with Gasteiger partial charge in [-0.15, -0.1) is 0 Å². The van der Waals surface area contributed by atoms with Crippen LogP contribution in [0.25, 0.3) is 10.9 Å². The molecular formula is C20H18N2O4. The van der Waals surface area contributed by atoms with Crippen molar-refractivity contribution < 1.29 is 19.4 Å². The third kappa shape index (κ3) is 3.01. The van der Waals surface area contributed by atoms with Gasteiger partial charge in [-0.3, -0.25) is 4.79 Å². The zero-order chi connectivity index (χ0) is 18.1. The highest BCUT2D eigenvalue weighted by Crippen LogP contribution is 2.26. The van der Waals surface area contributed by atoms with Gasteiger partial charge in [0.2, 0.25) is 0 Å². The van der Waals surface area contributed by atoms with Crippen LogP contribution in [0.2, 0.25) is 0 Å². The van der Waals surface area contributed by atoms with E-state index in [0.717, 1.165) is 34.2 Å². The molecule has 1 aliphatic heterocycles. The fourth-order valence-corrected chi connectivity index (χ4v) is 3.29. The highest BCUT2D eigenvalue weighted by molar-refractivity contribution is 5.97. The van der Waals surface area contributed by atoms with Gasteiger partial charge in [-0.2, -0.15) is 0 Å². The van der Waals surface area contributed by atoms with Gasteiger partial charge in [0.25, 0.3) is 5.91 Å². The number of aromatic nitrogens is 1. The van der Waals surface area contributed by atoms with Crippen molar-refractivity contribution in [2.75, 3.05) is 6.61 Å². The van der Waals surface area contributed by atoms with Gasteiger partial charge in [0, 0.05) is 35.5 Å². The van der Waals surface area contributed by atoms with Gasteiger partial charge in [-0.25, -0.2) is 4.79 Å². The summed E-state index contributed by atoms with van der Waals surface area (Å²) in [5.74, 6) is -0.671. The molecule has 26 heavy (non-hydrogen) atoms. The fourth-order valence-electron chi connectivity index (χ4n) is 3.29. The van der Waals surface area contributed by atoms with E-state index in [4.69, 9.17) is 4.74 Å². The molecule has 0 saturated carbocycles. The number of benzene rings is 2. The Morgan fingerprint density at radius 3 is 2.92 bits per heavy atom. The van der Waals surface area contributed by atoms with Crippen LogP contribution in [0.15, 0.2) is 48.7 Å². The zero-order valence-electron chi connectivity index (χ0n) is 14.0. The van der Waals surface area contributed by atoms with Crippen molar-refractivity contribution in [2.24, 2.45) is 0 Å². The third-order valence-corrected chi connectivity index (χ3v) is 4.65. The molecule has 4 rings (SSSR count). The number of rotatable bonds is 5. The van der Waals surface area contributed by atoms with E-state index in [2.05, 4.69) is 10.3 Å². The molecule has 0 aliphatic carbocycles. The first-order chi connectivity index (χ1) is 12.6. The maximum atomic E-state index is 12.5. The quantitative estimate of drug-likeness (QED) is 0.659. The molecule has 3 aromatic rings. The number of hydrogen-bond acceptors (Lipinski definition) is 3. The maximum Gasteiger partial charge on any atom is 0.326 e. The molecule has 2 heterocycles. The highest BCUT2D eigenvalue weighted by Gasteiger charge is 2.23. The number of fused-ring (bicyclic) bond motifs is 2. The van der Waals surface area contributed by atoms with Crippen molar-refractivity contribution in [1.82, 2.24) is 10.3 Å². The number of H-pyrrole nitrogens is 1. The van der Waals surface area contributed by atoms with Crippen molar-refractivity contribution in [3.05, 3.63) is 65.4 Å². The van der Waals surface area contributed by atoms with Crippen molar-refractivity contribution in [1.29, 1.82) is 0 Å². The number of ether oxygens (including phenoxy) is 1. The van der Waals surface area contributed by atoms with Crippen LogP contribution in [0.4, 0.5) is 0 Å². The number of para-hydroxylation sites is 1. The number of hydrogen-bond donors (Lipinski definition) is 3. The monoisotopic (exact) mass is 350 g/mol. The number of carboxylic acids is 1. The Morgan fingerprint density at radius 1 is 1.23 bits per heavy atom. The number of carbonyl (C=O) groups excluding carboxylic acids is 1. The summed E-state index contributed by atoms with van der Waals surface area (Å²) in [5.41, 5.74) is 3.22. The van der Waals surface area contributed by atoms with Crippen LogP contribution in [0.3, 0.4) is 0 Å².